The summed E-state index contributed by atoms with van der Waals surface area (Å²) in [5, 5.41) is 0. The fourth-order valence-corrected chi connectivity index (χ4v) is 3.41. The van der Waals surface area contributed by atoms with Crippen molar-refractivity contribution in [1.82, 2.24) is 9.88 Å². The Hall–Kier alpha value is -2.67. The first kappa shape index (κ1) is 16.8. The van der Waals surface area contributed by atoms with Gasteiger partial charge in [0.15, 0.2) is 6.61 Å². The van der Waals surface area contributed by atoms with Crippen LogP contribution < -0.4 is 14.5 Å². The largest absolute Gasteiger partial charge is 0.482 e. The Morgan fingerprint density at radius 2 is 1.81 bits per heavy atom. The molecule has 0 spiro atoms. The maximum atomic E-state index is 13.3. The number of aromatic nitrogens is 1. The van der Waals surface area contributed by atoms with Gasteiger partial charge in [-0.3, -0.25) is 9.69 Å². The van der Waals surface area contributed by atoms with Gasteiger partial charge in [-0.25, -0.2) is 4.98 Å². The van der Waals surface area contributed by atoms with Gasteiger partial charge in [0.1, 0.15) is 11.6 Å². The Morgan fingerprint density at radius 3 is 2.62 bits per heavy atom. The molecule has 0 bridgehead atoms. The molecule has 136 valence electrons. The van der Waals surface area contributed by atoms with E-state index < -0.39 is 5.95 Å². The number of benzene rings is 1. The Labute approximate surface area is 151 Å². The summed E-state index contributed by atoms with van der Waals surface area (Å²) in [6, 6.07) is 12.5. The third-order valence-electron chi connectivity index (χ3n) is 4.84. The van der Waals surface area contributed by atoms with Crippen molar-refractivity contribution in [2.24, 2.45) is 0 Å². The SMILES string of the molecule is O=C1COc2ccccc2N1CCN1CCN(c2cccc(F)n2)CC1. The fourth-order valence-electron chi connectivity index (χ4n) is 3.41. The predicted octanol–water partition coefficient (Wildman–Crippen LogP) is 1.77. The summed E-state index contributed by atoms with van der Waals surface area (Å²) >= 11 is 0. The lowest BCUT2D eigenvalue weighted by Gasteiger charge is -2.37. The smallest absolute Gasteiger partial charge is 0.265 e. The molecule has 7 heteroatoms. The number of piperazine rings is 1. The van der Waals surface area contributed by atoms with Crippen LogP contribution in [0.5, 0.6) is 5.75 Å². The number of pyridine rings is 1. The van der Waals surface area contributed by atoms with Gasteiger partial charge in [-0.15, -0.1) is 0 Å². The minimum atomic E-state index is -0.450. The molecule has 0 N–H and O–H groups in total. The van der Waals surface area contributed by atoms with Crippen molar-refractivity contribution in [3.05, 3.63) is 48.4 Å². The van der Waals surface area contributed by atoms with E-state index >= 15 is 0 Å². The molecule has 1 amide bonds. The maximum absolute atomic E-state index is 13.3. The first-order valence-electron chi connectivity index (χ1n) is 8.83. The molecular formula is C19H21FN4O2. The van der Waals surface area contributed by atoms with Crippen molar-refractivity contribution in [3.8, 4) is 5.75 Å². The molecule has 2 aliphatic heterocycles. The lowest BCUT2D eigenvalue weighted by atomic mass is 10.2. The van der Waals surface area contributed by atoms with Crippen LogP contribution in [0.2, 0.25) is 0 Å². The highest BCUT2D eigenvalue weighted by molar-refractivity contribution is 5.97. The van der Waals surface area contributed by atoms with Crippen LogP contribution in [0.1, 0.15) is 0 Å². The van der Waals surface area contributed by atoms with E-state index in [0.29, 0.717) is 12.4 Å². The Morgan fingerprint density at radius 1 is 1.00 bits per heavy atom. The molecule has 4 rings (SSSR count). The molecule has 1 saturated heterocycles. The van der Waals surface area contributed by atoms with Crippen LogP contribution >= 0.6 is 0 Å². The molecule has 0 aliphatic carbocycles. The van der Waals surface area contributed by atoms with Crippen molar-refractivity contribution in [1.29, 1.82) is 0 Å². The second-order valence-corrected chi connectivity index (χ2v) is 6.45. The van der Waals surface area contributed by atoms with Crippen molar-refractivity contribution in [2.45, 2.75) is 0 Å². The highest BCUT2D eigenvalue weighted by Crippen LogP contribution is 2.31. The summed E-state index contributed by atoms with van der Waals surface area (Å²) in [6.07, 6.45) is 0. The molecule has 1 aromatic carbocycles. The number of halogens is 1. The summed E-state index contributed by atoms with van der Waals surface area (Å²) in [5.41, 5.74) is 0.839. The number of para-hydroxylation sites is 2. The molecule has 2 aliphatic rings. The van der Waals surface area contributed by atoms with E-state index in [-0.39, 0.29) is 12.5 Å². The number of anilines is 2. The Bertz CT molecular complexity index is 793. The zero-order valence-electron chi connectivity index (χ0n) is 14.5. The number of rotatable bonds is 4. The topological polar surface area (TPSA) is 48.9 Å². The van der Waals surface area contributed by atoms with Gasteiger partial charge < -0.3 is 14.5 Å². The summed E-state index contributed by atoms with van der Waals surface area (Å²) in [6.45, 7) is 4.84. The summed E-state index contributed by atoms with van der Waals surface area (Å²) in [4.78, 5) is 22.4. The number of nitrogens with zero attached hydrogens (tertiary/aromatic N) is 4. The quantitative estimate of drug-likeness (QED) is 0.782. The van der Waals surface area contributed by atoms with Gasteiger partial charge in [0.2, 0.25) is 5.95 Å². The lowest BCUT2D eigenvalue weighted by Crippen LogP contribution is -2.50. The maximum Gasteiger partial charge on any atom is 0.265 e. The van der Waals surface area contributed by atoms with E-state index in [1.165, 1.54) is 6.07 Å². The van der Waals surface area contributed by atoms with Crippen LogP contribution in [0, 0.1) is 5.95 Å². The van der Waals surface area contributed by atoms with Crippen LogP contribution in [0.25, 0.3) is 0 Å². The average Bonchev–Trinajstić information content (AvgIpc) is 2.68. The molecule has 1 aromatic heterocycles. The van der Waals surface area contributed by atoms with Crippen molar-refractivity contribution in [3.63, 3.8) is 0 Å². The number of carbonyl (C=O) groups excluding carboxylic acids is 1. The minimum Gasteiger partial charge on any atom is -0.482 e. The van der Waals surface area contributed by atoms with Crippen LogP contribution in [0.4, 0.5) is 15.9 Å². The number of carbonyl (C=O) groups is 1. The summed E-state index contributed by atoms with van der Waals surface area (Å²) in [5.74, 6) is 0.983. The van der Waals surface area contributed by atoms with E-state index in [2.05, 4.69) is 14.8 Å². The van der Waals surface area contributed by atoms with Gasteiger partial charge in [0.25, 0.3) is 5.91 Å². The van der Waals surface area contributed by atoms with E-state index in [0.717, 1.165) is 44.2 Å². The van der Waals surface area contributed by atoms with Gasteiger partial charge in [-0.2, -0.15) is 4.39 Å². The van der Waals surface area contributed by atoms with Crippen LogP contribution in [-0.2, 0) is 4.79 Å². The number of hydrogen-bond donors (Lipinski definition) is 0. The Balaban J connectivity index is 1.33. The van der Waals surface area contributed by atoms with Gasteiger partial charge in [0, 0.05) is 39.3 Å². The minimum absolute atomic E-state index is 0.00806. The van der Waals surface area contributed by atoms with Gasteiger partial charge in [-0.1, -0.05) is 18.2 Å². The molecule has 0 radical (unpaired) electrons. The zero-order valence-corrected chi connectivity index (χ0v) is 14.5. The monoisotopic (exact) mass is 356 g/mol. The van der Waals surface area contributed by atoms with Crippen molar-refractivity contribution < 1.29 is 13.9 Å². The molecule has 3 heterocycles. The van der Waals surface area contributed by atoms with Gasteiger partial charge in [-0.05, 0) is 24.3 Å². The van der Waals surface area contributed by atoms with E-state index in [1.807, 2.05) is 30.3 Å². The summed E-state index contributed by atoms with van der Waals surface area (Å²) in [7, 11) is 0. The molecule has 0 unspecified atom stereocenters. The van der Waals surface area contributed by atoms with Crippen molar-refractivity contribution in [2.75, 3.05) is 55.7 Å². The molecule has 0 atom stereocenters. The average molecular weight is 356 g/mol. The highest BCUT2D eigenvalue weighted by atomic mass is 19.1. The van der Waals surface area contributed by atoms with Crippen molar-refractivity contribution >= 4 is 17.4 Å². The predicted molar refractivity (Wildman–Crippen MR) is 97.1 cm³/mol. The third-order valence-corrected chi connectivity index (χ3v) is 4.84. The molecular weight excluding hydrogens is 335 g/mol. The lowest BCUT2D eigenvalue weighted by molar-refractivity contribution is -0.121. The molecule has 1 fully saturated rings. The van der Waals surface area contributed by atoms with Crippen LogP contribution in [0.3, 0.4) is 0 Å². The normalized spacial score (nSPS) is 17.8. The zero-order chi connectivity index (χ0) is 17.9. The number of ether oxygens (including phenoxy) is 1. The Kier molecular flexibility index (Phi) is 4.71. The second kappa shape index (κ2) is 7.29. The van der Waals surface area contributed by atoms with E-state index in [9.17, 15) is 9.18 Å². The highest BCUT2D eigenvalue weighted by Gasteiger charge is 2.26. The standard InChI is InChI=1S/C19H21FN4O2/c20-17-6-3-7-18(21-17)23-11-8-22(9-12-23)10-13-24-15-4-1-2-5-16(15)26-14-19(24)25/h1-7H,8-14H2. The van der Waals surface area contributed by atoms with E-state index in [1.54, 1.807) is 11.0 Å². The number of hydrogen-bond acceptors (Lipinski definition) is 5. The van der Waals surface area contributed by atoms with Gasteiger partial charge in [0.05, 0.1) is 5.69 Å². The first-order valence-corrected chi connectivity index (χ1v) is 8.83. The molecule has 26 heavy (non-hydrogen) atoms. The molecule has 0 saturated carbocycles. The van der Waals surface area contributed by atoms with Gasteiger partial charge >= 0.3 is 0 Å². The number of amides is 1. The molecule has 2 aromatic rings. The van der Waals surface area contributed by atoms with Crippen LogP contribution in [-0.4, -0.2) is 61.7 Å². The number of fused-ring (bicyclic) bond motifs is 1. The van der Waals surface area contributed by atoms with Crippen LogP contribution in [0.15, 0.2) is 42.5 Å². The summed E-state index contributed by atoms with van der Waals surface area (Å²) < 4.78 is 18.8. The van der Waals surface area contributed by atoms with E-state index in [4.69, 9.17) is 4.74 Å². The second-order valence-electron chi connectivity index (χ2n) is 6.45. The first-order chi connectivity index (χ1) is 12.7. The fraction of sp³-hybridized carbons (Fsp3) is 0.368. The molecule has 6 nitrogen and oxygen atoms in total. The third kappa shape index (κ3) is 3.48.